The number of aromatic amines is 1. The smallest absolute Gasteiger partial charge is 0.240 e. The van der Waals surface area contributed by atoms with Crippen molar-refractivity contribution < 1.29 is 8.42 Å². The number of rotatable bonds is 7. The van der Waals surface area contributed by atoms with E-state index in [9.17, 15) is 8.42 Å². The molecule has 0 aliphatic heterocycles. The van der Waals surface area contributed by atoms with E-state index in [1.165, 1.54) is 12.4 Å². The maximum Gasteiger partial charge on any atom is 0.240 e. The number of sulfonamides is 1. The largest absolute Gasteiger partial charge is 0.398 e. The van der Waals surface area contributed by atoms with E-state index in [0.29, 0.717) is 25.1 Å². The summed E-state index contributed by atoms with van der Waals surface area (Å²) in [5.74, 6) is 0.741. The van der Waals surface area contributed by atoms with Gasteiger partial charge in [-0.2, -0.15) is 5.10 Å². The summed E-state index contributed by atoms with van der Waals surface area (Å²) < 4.78 is 26.8. The van der Waals surface area contributed by atoms with Gasteiger partial charge >= 0.3 is 0 Å². The standard InChI is InChI=1S/C13H19N5O2S/c1-2-10-5-6-11(8-12(10)14)21(19,20)17-7-3-4-13-15-9-16-18-13/h5-6,8-9,17H,2-4,7,14H2,1H3,(H,15,16,18). The molecule has 0 radical (unpaired) electrons. The van der Waals surface area contributed by atoms with Crippen LogP contribution in [0.5, 0.6) is 0 Å². The number of aromatic nitrogens is 3. The number of anilines is 1. The first-order chi connectivity index (χ1) is 10.0. The molecule has 2 aromatic rings. The van der Waals surface area contributed by atoms with E-state index in [0.717, 1.165) is 17.8 Å². The highest BCUT2D eigenvalue weighted by atomic mass is 32.2. The Kier molecular flexibility index (Phi) is 4.92. The van der Waals surface area contributed by atoms with Gasteiger partial charge in [0.25, 0.3) is 0 Å². The van der Waals surface area contributed by atoms with Crippen molar-refractivity contribution in [2.75, 3.05) is 12.3 Å². The topological polar surface area (TPSA) is 114 Å². The Bertz CT molecular complexity index is 683. The van der Waals surface area contributed by atoms with E-state index in [1.807, 2.05) is 6.92 Å². The van der Waals surface area contributed by atoms with Gasteiger partial charge in [-0.15, -0.1) is 0 Å². The van der Waals surface area contributed by atoms with Gasteiger partial charge in [-0.25, -0.2) is 18.1 Å². The second kappa shape index (κ2) is 6.68. The highest BCUT2D eigenvalue weighted by Gasteiger charge is 2.14. The Labute approximate surface area is 124 Å². The quantitative estimate of drug-likeness (QED) is 0.518. The fourth-order valence-electron chi connectivity index (χ4n) is 1.96. The van der Waals surface area contributed by atoms with Crippen LogP contribution in [0.3, 0.4) is 0 Å². The number of aryl methyl sites for hydroxylation is 2. The average molecular weight is 309 g/mol. The lowest BCUT2D eigenvalue weighted by atomic mass is 10.1. The fraction of sp³-hybridized carbons (Fsp3) is 0.385. The normalized spacial score (nSPS) is 11.7. The van der Waals surface area contributed by atoms with Gasteiger partial charge in [-0.1, -0.05) is 13.0 Å². The first-order valence-corrected chi connectivity index (χ1v) is 8.23. The van der Waals surface area contributed by atoms with Crippen LogP contribution in [0.15, 0.2) is 29.4 Å². The predicted molar refractivity (Wildman–Crippen MR) is 80.1 cm³/mol. The number of hydrogen-bond donors (Lipinski definition) is 3. The van der Waals surface area contributed by atoms with E-state index in [4.69, 9.17) is 5.73 Å². The molecule has 0 aliphatic rings. The Morgan fingerprint density at radius 3 is 2.81 bits per heavy atom. The van der Waals surface area contributed by atoms with Crippen molar-refractivity contribution in [1.82, 2.24) is 19.9 Å². The van der Waals surface area contributed by atoms with Gasteiger partial charge in [-0.3, -0.25) is 5.10 Å². The van der Waals surface area contributed by atoms with Crippen LogP contribution in [-0.4, -0.2) is 30.1 Å². The predicted octanol–water partition coefficient (Wildman–Crippen LogP) is 0.860. The number of benzene rings is 1. The summed E-state index contributed by atoms with van der Waals surface area (Å²) in [4.78, 5) is 4.17. The second-order valence-electron chi connectivity index (χ2n) is 4.65. The molecule has 0 amide bonds. The third-order valence-electron chi connectivity index (χ3n) is 3.16. The van der Waals surface area contributed by atoms with E-state index in [-0.39, 0.29) is 4.90 Å². The lowest BCUT2D eigenvalue weighted by Gasteiger charge is -2.09. The molecule has 0 unspecified atom stereocenters. The summed E-state index contributed by atoms with van der Waals surface area (Å²) >= 11 is 0. The molecular formula is C13H19N5O2S. The zero-order chi connectivity index (χ0) is 15.3. The van der Waals surface area contributed by atoms with Crippen molar-refractivity contribution in [3.63, 3.8) is 0 Å². The molecule has 0 spiro atoms. The van der Waals surface area contributed by atoms with Crippen molar-refractivity contribution in [3.05, 3.63) is 35.9 Å². The van der Waals surface area contributed by atoms with Crippen molar-refractivity contribution in [3.8, 4) is 0 Å². The number of nitrogens with zero attached hydrogens (tertiary/aromatic N) is 2. The molecule has 4 N–H and O–H groups in total. The molecule has 2 rings (SSSR count). The summed E-state index contributed by atoms with van der Waals surface area (Å²) in [6.07, 6.45) is 3.48. The third kappa shape index (κ3) is 4.02. The Morgan fingerprint density at radius 1 is 1.38 bits per heavy atom. The Morgan fingerprint density at radius 2 is 2.19 bits per heavy atom. The fourth-order valence-corrected chi connectivity index (χ4v) is 3.07. The minimum atomic E-state index is -3.53. The van der Waals surface area contributed by atoms with E-state index in [2.05, 4.69) is 19.9 Å². The molecule has 0 saturated carbocycles. The summed E-state index contributed by atoms with van der Waals surface area (Å²) in [7, 11) is -3.53. The maximum absolute atomic E-state index is 12.1. The molecule has 21 heavy (non-hydrogen) atoms. The third-order valence-corrected chi connectivity index (χ3v) is 4.61. The van der Waals surface area contributed by atoms with Gasteiger partial charge < -0.3 is 5.73 Å². The highest BCUT2D eigenvalue weighted by Crippen LogP contribution is 2.18. The van der Waals surface area contributed by atoms with Crippen molar-refractivity contribution in [1.29, 1.82) is 0 Å². The molecule has 7 nitrogen and oxygen atoms in total. The minimum Gasteiger partial charge on any atom is -0.398 e. The SMILES string of the molecule is CCc1ccc(S(=O)(=O)NCCCc2ncn[nH]2)cc1N. The van der Waals surface area contributed by atoms with Crippen LogP contribution >= 0.6 is 0 Å². The zero-order valence-electron chi connectivity index (χ0n) is 11.8. The molecule has 1 aromatic heterocycles. The molecule has 0 bridgehead atoms. The summed E-state index contributed by atoms with van der Waals surface area (Å²) in [6, 6.07) is 4.82. The molecule has 0 fully saturated rings. The first-order valence-electron chi connectivity index (χ1n) is 6.75. The number of hydrogen-bond acceptors (Lipinski definition) is 5. The van der Waals surface area contributed by atoms with E-state index >= 15 is 0 Å². The van der Waals surface area contributed by atoms with Gasteiger partial charge in [-0.05, 0) is 30.5 Å². The van der Waals surface area contributed by atoms with Crippen molar-refractivity contribution in [2.45, 2.75) is 31.1 Å². The Balaban J connectivity index is 1.93. The highest BCUT2D eigenvalue weighted by molar-refractivity contribution is 7.89. The minimum absolute atomic E-state index is 0.192. The maximum atomic E-state index is 12.1. The van der Waals surface area contributed by atoms with Crippen LogP contribution < -0.4 is 10.5 Å². The van der Waals surface area contributed by atoms with Crippen LogP contribution in [0.1, 0.15) is 24.7 Å². The lowest BCUT2D eigenvalue weighted by molar-refractivity contribution is 0.578. The van der Waals surface area contributed by atoms with Gasteiger partial charge in [0.05, 0.1) is 4.90 Å². The number of nitrogens with one attached hydrogen (secondary N) is 2. The molecular weight excluding hydrogens is 290 g/mol. The molecule has 1 heterocycles. The van der Waals surface area contributed by atoms with Crippen LogP contribution in [0, 0.1) is 0 Å². The summed E-state index contributed by atoms with van der Waals surface area (Å²) in [6.45, 7) is 2.31. The monoisotopic (exact) mass is 309 g/mol. The number of H-pyrrole nitrogens is 1. The van der Waals surface area contributed by atoms with Crippen LogP contribution in [0.2, 0.25) is 0 Å². The van der Waals surface area contributed by atoms with Crippen LogP contribution in [0.25, 0.3) is 0 Å². The summed E-state index contributed by atoms with van der Waals surface area (Å²) in [5, 5.41) is 6.47. The molecule has 8 heteroatoms. The van der Waals surface area contributed by atoms with E-state index in [1.54, 1.807) is 12.1 Å². The van der Waals surface area contributed by atoms with Crippen molar-refractivity contribution >= 4 is 15.7 Å². The average Bonchev–Trinajstić information content (AvgIpc) is 2.97. The van der Waals surface area contributed by atoms with Crippen molar-refractivity contribution in [2.24, 2.45) is 0 Å². The molecule has 114 valence electrons. The number of nitrogens with two attached hydrogens (primary N) is 1. The first kappa shape index (κ1) is 15.5. The Hall–Kier alpha value is -1.93. The summed E-state index contributed by atoms with van der Waals surface area (Å²) in [5.41, 5.74) is 7.28. The van der Waals surface area contributed by atoms with Crippen LogP contribution in [0.4, 0.5) is 5.69 Å². The number of nitrogen functional groups attached to an aromatic ring is 1. The van der Waals surface area contributed by atoms with Gasteiger partial charge in [0.2, 0.25) is 10.0 Å². The zero-order valence-corrected chi connectivity index (χ0v) is 12.7. The van der Waals surface area contributed by atoms with Gasteiger partial charge in [0.15, 0.2) is 0 Å². The van der Waals surface area contributed by atoms with Gasteiger partial charge in [0, 0.05) is 18.7 Å². The molecule has 1 aromatic carbocycles. The second-order valence-corrected chi connectivity index (χ2v) is 6.41. The lowest BCUT2D eigenvalue weighted by Crippen LogP contribution is -2.25. The van der Waals surface area contributed by atoms with E-state index < -0.39 is 10.0 Å². The molecule has 0 atom stereocenters. The van der Waals surface area contributed by atoms with Gasteiger partial charge in [0.1, 0.15) is 12.2 Å². The molecule has 0 saturated heterocycles. The van der Waals surface area contributed by atoms with Crippen LogP contribution in [-0.2, 0) is 22.9 Å². The molecule has 0 aliphatic carbocycles.